The van der Waals surface area contributed by atoms with Crippen LogP contribution in [-0.2, 0) is 9.59 Å². The number of aromatic nitrogens is 2. The van der Waals surface area contributed by atoms with Crippen molar-refractivity contribution in [3.8, 4) is 0 Å². The molecule has 5 rings (SSSR count). The molecule has 0 aliphatic carbocycles. The van der Waals surface area contributed by atoms with Crippen molar-refractivity contribution in [1.82, 2.24) is 9.97 Å². The number of Topliss-reactive ketones (excluding diaryl/α,β-unsaturated/α-hetero) is 1. The highest BCUT2D eigenvalue weighted by atomic mass is 35.5. The lowest BCUT2D eigenvalue weighted by atomic mass is 9.95. The summed E-state index contributed by atoms with van der Waals surface area (Å²) in [6.07, 6.45) is 2.98. The zero-order valence-electron chi connectivity index (χ0n) is 17.4. The molecule has 0 saturated carbocycles. The number of fused-ring (bicyclic) bond motifs is 1. The molecule has 2 aromatic heterocycles. The number of nitrogens with zero attached hydrogens (tertiary/aromatic N) is 3. The van der Waals surface area contributed by atoms with Gasteiger partial charge in [-0.05, 0) is 60.5 Å². The van der Waals surface area contributed by atoms with Gasteiger partial charge in [0.05, 0.1) is 26.9 Å². The highest BCUT2D eigenvalue weighted by Gasteiger charge is 2.48. The summed E-state index contributed by atoms with van der Waals surface area (Å²) < 4.78 is 28.2. The van der Waals surface area contributed by atoms with Crippen molar-refractivity contribution in [2.24, 2.45) is 0 Å². The Kier molecular flexibility index (Phi) is 5.38. The molecule has 1 fully saturated rings. The number of carbonyl (C=O) groups is 2. The first-order chi connectivity index (χ1) is 16.3. The largest absolute Gasteiger partial charge is 0.507 e. The number of benzene rings is 2. The molecule has 6 nitrogen and oxygen atoms in total. The number of ketones is 1. The number of amides is 1. The number of hydrogen-bond donors (Lipinski definition) is 1. The number of anilines is 1. The summed E-state index contributed by atoms with van der Waals surface area (Å²) in [4.78, 5) is 35.9. The highest BCUT2D eigenvalue weighted by Crippen LogP contribution is 2.44. The molecular formula is C24H14ClF2N3O3S. The van der Waals surface area contributed by atoms with Crippen molar-refractivity contribution in [2.45, 2.75) is 13.0 Å². The predicted molar refractivity (Wildman–Crippen MR) is 125 cm³/mol. The number of rotatable bonds is 3. The fourth-order valence-corrected chi connectivity index (χ4v) is 5.01. The highest BCUT2D eigenvalue weighted by molar-refractivity contribution is 7.22. The minimum absolute atomic E-state index is 0.122. The van der Waals surface area contributed by atoms with Crippen LogP contribution in [0, 0.1) is 18.6 Å². The minimum atomic E-state index is -1.03. The smallest absolute Gasteiger partial charge is 0.301 e. The zero-order valence-corrected chi connectivity index (χ0v) is 19.0. The Hall–Kier alpha value is -3.69. The van der Waals surface area contributed by atoms with E-state index in [0.29, 0.717) is 15.8 Å². The third-order valence-corrected chi connectivity index (χ3v) is 6.83. The van der Waals surface area contributed by atoms with Crippen molar-refractivity contribution in [3.63, 3.8) is 0 Å². The molecule has 1 aliphatic rings. The molecule has 1 amide bonds. The molecule has 34 heavy (non-hydrogen) atoms. The third kappa shape index (κ3) is 3.53. The van der Waals surface area contributed by atoms with Gasteiger partial charge in [0.25, 0.3) is 5.78 Å². The first-order valence-electron chi connectivity index (χ1n) is 9.99. The maximum atomic E-state index is 14.0. The topological polar surface area (TPSA) is 83.4 Å². The van der Waals surface area contributed by atoms with Crippen LogP contribution in [0.5, 0.6) is 0 Å². The fraction of sp³-hybridized carbons (Fsp3) is 0.0833. The average molecular weight is 498 g/mol. The maximum absolute atomic E-state index is 14.0. The van der Waals surface area contributed by atoms with Crippen LogP contribution in [0.2, 0.25) is 5.02 Å². The Bertz CT molecular complexity index is 1480. The molecule has 10 heteroatoms. The first-order valence-corrected chi connectivity index (χ1v) is 11.2. The fourth-order valence-electron chi connectivity index (χ4n) is 3.85. The van der Waals surface area contributed by atoms with E-state index in [0.717, 1.165) is 16.2 Å². The van der Waals surface area contributed by atoms with Gasteiger partial charge in [-0.25, -0.2) is 13.8 Å². The molecule has 1 saturated heterocycles. The summed E-state index contributed by atoms with van der Waals surface area (Å²) in [7, 11) is 0. The SMILES string of the molecule is Cc1cc(/C(O)=C2\C(=O)C(=O)N(c3nc4cc(Cl)c(F)cc4s3)C2c2ccncc2)ccc1F. The van der Waals surface area contributed by atoms with Gasteiger partial charge in [0, 0.05) is 18.0 Å². The molecule has 0 spiro atoms. The van der Waals surface area contributed by atoms with E-state index in [-0.39, 0.29) is 26.9 Å². The lowest BCUT2D eigenvalue weighted by Crippen LogP contribution is -2.29. The van der Waals surface area contributed by atoms with Gasteiger partial charge in [0.2, 0.25) is 0 Å². The van der Waals surface area contributed by atoms with Gasteiger partial charge in [-0.1, -0.05) is 22.9 Å². The number of carbonyl (C=O) groups excluding carboxylic acids is 2. The molecule has 2 aromatic carbocycles. The Morgan fingerprint density at radius 3 is 2.53 bits per heavy atom. The number of aliphatic hydroxyl groups excluding tert-OH is 1. The molecule has 0 radical (unpaired) electrons. The normalized spacial score (nSPS) is 17.6. The van der Waals surface area contributed by atoms with E-state index >= 15 is 0 Å². The van der Waals surface area contributed by atoms with Crippen LogP contribution in [0.25, 0.3) is 16.0 Å². The second-order valence-corrected chi connectivity index (χ2v) is 9.06. The van der Waals surface area contributed by atoms with Crippen molar-refractivity contribution in [2.75, 3.05) is 4.90 Å². The van der Waals surface area contributed by atoms with Crippen LogP contribution in [0.4, 0.5) is 13.9 Å². The van der Waals surface area contributed by atoms with Crippen molar-refractivity contribution < 1.29 is 23.5 Å². The Balaban J connectivity index is 1.73. The van der Waals surface area contributed by atoms with E-state index in [9.17, 15) is 23.5 Å². The lowest BCUT2D eigenvalue weighted by molar-refractivity contribution is -0.132. The van der Waals surface area contributed by atoms with Crippen molar-refractivity contribution in [1.29, 1.82) is 0 Å². The van der Waals surface area contributed by atoms with E-state index in [1.54, 1.807) is 12.1 Å². The Morgan fingerprint density at radius 1 is 1.09 bits per heavy atom. The Labute approximate surface area is 200 Å². The van der Waals surface area contributed by atoms with Gasteiger partial charge >= 0.3 is 5.91 Å². The molecule has 1 atom stereocenters. The summed E-state index contributed by atoms with van der Waals surface area (Å²) in [6.45, 7) is 1.52. The minimum Gasteiger partial charge on any atom is -0.507 e. The van der Waals surface area contributed by atoms with E-state index < -0.39 is 35.1 Å². The molecule has 4 aromatic rings. The summed E-state index contributed by atoms with van der Waals surface area (Å²) in [5, 5.41) is 11.1. The number of thiazole rings is 1. The molecular weight excluding hydrogens is 484 g/mol. The van der Waals surface area contributed by atoms with Crippen LogP contribution in [-0.4, -0.2) is 26.8 Å². The molecule has 3 heterocycles. The van der Waals surface area contributed by atoms with Crippen LogP contribution in [0.3, 0.4) is 0 Å². The summed E-state index contributed by atoms with van der Waals surface area (Å²) >= 11 is 6.88. The van der Waals surface area contributed by atoms with Gasteiger partial charge in [-0.2, -0.15) is 0 Å². The summed E-state index contributed by atoms with van der Waals surface area (Å²) in [5.41, 5.74) is 1.14. The van der Waals surface area contributed by atoms with E-state index in [2.05, 4.69) is 9.97 Å². The van der Waals surface area contributed by atoms with Crippen LogP contribution in [0.15, 0.2) is 60.4 Å². The van der Waals surface area contributed by atoms with Gasteiger partial charge < -0.3 is 5.11 Å². The maximum Gasteiger partial charge on any atom is 0.301 e. The van der Waals surface area contributed by atoms with Crippen LogP contribution >= 0.6 is 22.9 Å². The first kappa shape index (κ1) is 22.1. The van der Waals surface area contributed by atoms with Crippen LogP contribution in [0.1, 0.15) is 22.7 Å². The second kappa shape index (κ2) is 8.27. The van der Waals surface area contributed by atoms with Gasteiger partial charge in [0.15, 0.2) is 5.13 Å². The number of aryl methyl sites for hydroxylation is 1. The standard InChI is InChI=1S/C24H14ClF2N3O3S/c1-11-8-13(2-3-15(11)26)21(31)19-20(12-4-6-28-7-5-12)30(23(33)22(19)32)24-29-17-9-14(25)16(27)10-18(17)34-24/h2-10,20,31H,1H3/b21-19+. The van der Waals surface area contributed by atoms with Crippen molar-refractivity contribution >= 4 is 55.7 Å². The van der Waals surface area contributed by atoms with Gasteiger partial charge in [0.1, 0.15) is 17.4 Å². The number of halogens is 3. The molecule has 1 unspecified atom stereocenters. The monoisotopic (exact) mass is 497 g/mol. The van der Waals surface area contributed by atoms with Crippen LogP contribution < -0.4 is 4.90 Å². The molecule has 170 valence electrons. The summed E-state index contributed by atoms with van der Waals surface area (Å²) in [5.74, 6) is -3.38. The van der Waals surface area contributed by atoms with Gasteiger partial charge in [-0.15, -0.1) is 0 Å². The van der Waals surface area contributed by atoms with Gasteiger partial charge in [-0.3, -0.25) is 19.5 Å². The van der Waals surface area contributed by atoms with Crippen molar-refractivity contribution in [3.05, 3.63) is 93.8 Å². The third-order valence-electron chi connectivity index (χ3n) is 5.52. The lowest BCUT2D eigenvalue weighted by Gasteiger charge is -2.22. The van der Waals surface area contributed by atoms with E-state index in [1.807, 2.05) is 0 Å². The second-order valence-electron chi connectivity index (χ2n) is 7.64. The molecule has 1 N–H and O–H groups in total. The zero-order chi connectivity index (χ0) is 24.1. The summed E-state index contributed by atoms with van der Waals surface area (Å²) in [6, 6.07) is 8.63. The predicted octanol–water partition coefficient (Wildman–Crippen LogP) is 5.56. The number of aliphatic hydroxyl groups is 1. The number of pyridine rings is 1. The quantitative estimate of drug-likeness (QED) is 0.228. The molecule has 1 aliphatic heterocycles. The Morgan fingerprint density at radius 2 is 1.82 bits per heavy atom. The number of hydrogen-bond acceptors (Lipinski definition) is 6. The van der Waals surface area contributed by atoms with E-state index in [4.69, 9.17) is 11.6 Å². The van der Waals surface area contributed by atoms with E-state index in [1.165, 1.54) is 49.6 Å². The molecule has 0 bridgehead atoms. The average Bonchev–Trinajstić information content (AvgIpc) is 3.33.